The van der Waals surface area contributed by atoms with Gasteiger partial charge in [-0.3, -0.25) is 14.5 Å². The van der Waals surface area contributed by atoms with Crippen molar-refractivity contribution >= 4 is 11.8 Å². The van der Waals surface area contributed by atoms with Gasteiger partial charge in [0.25, 0.3) is 0 Å². The molecule has 2 amide bonds. The van der Waals surface area contributed by atoms with Gasteiger partial charge in [0.05, 0.1) is 25.2 Å². The number of rotatable bonds is 7. The van der Waals surface area contributed by atoms with Crippen molar-refractivity contribution in [3.05, 3.63) is 0 Å². The molecule has 2 aliphatic heterocycles. The molecule has 2 unspecified atom stereocenters. The summed E-state index contributed by atoms with van der Waals surface area (Å²) in [6, 6.07) is 1.65. The molecule has 134 valence electrons. The zero-order valence-corrected chi connectivity index (χ0v) is 14.7. The maximum Gasteiger partial charge on any atom is 0.226 e. The van der Waals surface area contributed by atoms with Crippen LogP contribution in [0.4, 0.5) is 0 Å². The molecule has 7 nitrogen and oxygen atoms in total. The Balaban J connectivity index is 1.78. The molecule has 2 saturated heterocycles. The summed E-state index contributed by atoms with van der Waals surface area (Å²) in [5.41, 5.74) is 0. The first-order valence-corrected chi connectivity index (χ1v) is 8.77. The van der Waals surface area contributed by atoms with Crippen molar-refractivity contribution < 1.29 is 14.3 Å². The predicted octanol–water partition coefficient (Wildman–Crippen LogP) is 0.222. The van der Waals surface area contributed by atoms with Gasteiger partial charge in [-0.05, 0) is 12.3 Å². The van der Waals surface area contributed by atoms with E-state index in [1.807, 2.05) is 13.8 Å². The van der Waals surface area contributed by atoms with Crippen LogP contribution in [0.25, 0.3) is 0 Å². The van der Waals surface area contributed by atoms with Crippen LogP contribution in [-0.2, 0) is 14.3 Å². The first-order valence-electron chi connectivity index (χ1n) is 8.77. The minimum absolute atomic E-state index is 0.0285. The smallest absolute Gasteiger partial charge is 0.226 e. The minimum atomic E-state index is -0.477. The molecule has 0 aromatic carbocycles. The number of amides is 2. The average molecular weight is 336 g/mol. The molecule has 0 bridgehead atoms. The fourth-order valence-corrected chi connectivity index (χ4v) is 3.16. The number of morpholine rings is 1. The number of nitriles is 1. The molecule has 2 fully saturated rings. The Bertz CT molecular complexity index is 483. The lowest BCUT2D eigenvalue weighted by atomic mass is 10.0. The van der Waals surface area contributed by atoms with E-state index >= 15 is 0 Å². The molecule has 2 rings (SSSR count). The second kappa shape index (κ2) is 9.00. The summed E-state index contributed by atoms with van der Waals surface area (Å²) in [5.74, 6) is -0.152. The van der Waals surface area contributed by atoms with E-state index in [1.165, 1.54) is 0 Å². The minimum Gasteiger partial charge on any atom is -0.379 e. The number of nitrogens with zero attached hydrogens (tertiary/aromatic N) is 3. The molecule has 2 aliphatic rings. The monoisotopic (exact) mass is 336 g/mol. The van der Waals surface area contributed by atoms with Gasteiger partial charge in [0.1, 0.15) is 6.04 Å². The van der Waals surface area contributed by atoms with E-state index < -0.39 is 6.04 Å². The summed E-state index contributed by atoms with van der Waals surface area (Å²) in [4.78, 5) is 28.5. The highest BCUT2D eigenvalue weighted by atomic mass is 16.5. The number of likely N-dealkylation sites (tertiary alicyclic amines) is 1. The summed E-state index contributed by atoms with van der Waals surface area (Å²) in [5, 5.41) is 11.9. The van der Waals surface area contributed by atoms with Crippen LogP contribution in [0.3, 0.4) is 0 Å². The molecule has 0 aromatic rings. The van der Waals surface area contributed by atoms with Crippen LogP contribution in [0.2, 0.25) is 0 Å². The standard InChI is InChI=1S/C17H28N4O3/c1-13(2)9-15(11-18)19-17(23)14-10-16(22)21(12-14)4-3-20-5-7-24-8-6-20/h13-15H,3-10,12H2,1-2H3,(H,19,23). The third-order valence-corrected chi connectivity index (χ3v) is 4.55. The van der Waals surface area contributed by atoms with Gasteiger partial charge in [0.2, 0.25) is 11.8 Å². The molecule has 7 heteroatoms. The molecule has 0 aliphatic carbocycles. The third-order valence-electron chi connectivity index (χ3n) is 4.55. The van der Waals surface area contributed by atoms with Crippen LogP contribution in [0, 0.1) is 23.2 Å². The van der Waals surface area contributed by atoms with Gasteiger partial charge in [-0.1, -0.05) is 13.8 Å². The zero-order valence-electron chi connectivity index (χ0n) is 14.7. The van der Waals surface area contributed by atoms with E-state index in [1.54, 1.807) is 4.90 Å². The quantitative estimate of drug-likeness (QED) is 0.719. The van der Waals surface area contributed by atoms with Crippen molar-refractivity contribution in [3.63, 3.8) is 0 Å². The van der Waals surface area contributed by atoms with E-state index in [-0.39, 0.29) is 24.2 Å². The molecule has 1 N–H and O–H groups in total. The molecular formula is C17H28N4O3. The Labute approximate surface area is 143 Å². The van der Waals surface area contributed by atoms with Crippen molar-refractivity contribution in [1.82, 2.24) is 15.1 Å². The lowest BCUT2D eigenvalue weighted by molar-refractivity contribution is -0.129. The number of hydrogen-bond acceptors (Lipinski definition) is 5. The van der Waals surface area contributed by atoms with Crippen LogP contribution in [-0.4, -0.2) is 73.6 Å². The van der Waals surface area contributed by atoms with Crippen molar-refractivity contribution in [3.8, 4) is 6.07 Å². The van der Waals surface area contributed by atoms with Gasteiger partial charge < -0.3 is 15.0 Å². The molecule has 0 radical (unpaired) electrons. The van der Waals surface area contributed by atoms with E-state index in [0.29, 0.717) is 25.4 Å². The first kappa shape index (κ1) is 18.7. The number of carbonyl (C=O) groups is 2. The molecule has 0 aromatic heterocycles. The fraction of sp³-hybridized carbons (Fsp3) is 0.824. The van der Waals surface area contributed by atoms with Crippen molar-refractivity contribution in [2.45, 2.75) is 32.7 Å². The third kappa shape index (κ3) is 5.46. The van der Waals surface area contributed by atoms with E-state index in [9.17, 15) is 9.59 Å². The molecular weight excluding hydrogens is 308 g/mol. The van der Waals surface area contributed by atoms with Crippen LogP contribution in [0.5, 0.6) is 0 Å². The second-order valence-electron chi connectivity index (χ2n) is 7.01. The highest BCUT2D eigenvalue weighted by Gasteiger charge is 2.35. The maximum atomic E-state index is 12.3. The number of hydrogen-bond donors (Lipinski definition) is 1. The Morgan fingerprint density at radius 1 is 1.38 bits per heavy atom. The molecule has 2 atom stereocenters. The van der Waals surface area contributed by atoms with E-state index in [0.717, 1.165) is 32.8 Å². The van der Waals surface area contributed by atoms with Crippen molar-refractivity contribution in [2.75, 3.05) is 45.9 Å². The normalized spacial score (nSPS) is 23.3. The summed E-state index contributed by atoms with van der Waals surface area (Å²) < 4.78 is 5.31. The van der Waals surface area contributed by atoms with Gasteiger partial charge in [-0.15, -0.1) is 0 Å². The fourth-order valence-electron chi connectivity index (χ4n) is 3.16. The van der Waals surface area contributed by atoms with Gasteiger partial charge in [-0.25, -0.2) is 0 Å². The predicted molar refractivity (Wildman–Crippen MR) is 88.9 cm³/mol. The Morgan fingerprint density at radius 2 is 2.08 bits per heavy atom. The van der Waals surface area contributed by atoms with Gasteiger partial charge in [-0.2, -0.15) is 5.26 Å². The lowest BCUT2D eigenvalue weighted by Gasteiger charge is -2.28. The van der Waals surface area contributed by atoms with Crippen LogP contribution < -0.4 is 5.32 Å². The molecule has 24 heavy (non-hydrogen) atoms. The average Bonchev–Trinajstić information content (AvgIpc) is 2.94. The molecule has 0 spiro atoms. The summed E-state index contributed by atoms with van der Waals surface area (Å²) in [6.07, 6.45) is 0.873. The van der Waals surface area contributed by atoms with Gasteiger partial charge >= 0.3 is 0 Å². The number of ether oxygens (including phenoxy) is 1. The van der Waals surface area contributed by atoms with Crippen LogP contribution in [0.1, 0.15) is 26.7 Å². The summed E-state index contributed by atoms with van der Waals surface area (Å²) in [7, 11) is 0. The Hall–Kier alpha value is -1.65. The highest BCUT2D eigenvalue weighted by Crippen LogP contribution is 2.18. The SMILES string of the molecule is CC(C)CC(C#N)NC(=O)C1CC(=O)N(CCN2CCOCC2)C1. The first-order chi connectivity index (χ1) is 11.5. The molecule has 0 saturated carbocycles. The van der Waals surface area contributed by atoms with Crippen molar-refractivity contribution in [2.24, 2.45) is 11.8 Å². The van der Waals surface area contributed by atoms with Crippen LogP contribution >= 0.6 is 0 Å². The van der Waals surface area contributed by atoms with E-state index in [2.05, 4.69) is 16.3 Å². The summed E-state index contributed by atoms with van der Waals surface area (Å²) in [6.45, 7) is 9.22. The Morgan fingerprint density at radius 3 is 2.71 bits per heavy atom. The van der Waals surface area contributed by atoms with Crippen molar-refractivity contribution in [1.29, 1.82) is 5.26 Å². The Kier molecular flexibility index (Phi) is 7.00. The second-order valence-corrected chi connectivity index (χ2v) is 7.01. The maximum absolute atomic E-state index is 12.3. The summed E-state index contributed by atoms with van der Waals surface area (Å²) >= 11 is 0. The zero-order chi connectivity index (χ0) is 17.5. The van der Waals surface area contributed by atoms with Crippen LogP contribution in [0.15, 0.2) is 0 Å². The topological polar surface area (TPSA) is 85.7 Å². The highest BCUT2D eigenvalue weighted by molar-refractivity contribution is 5.89. The van der Waals surface area contributed by atoms with Gasteiger partial charge in [0, 0.05) is 39.1 Å². The van der Waals surface area contributed by atoms with E-state index in [4.69, 9.17) is 10.00 Å². The largest absolute Gasteiger partial charge is 0.379 e. The lowest BCUT2D eigenvalue weighted by Crippen LogP contribution is -2.42. The molecule has 2 heterocycles. The van der Waals surface area contributed by atoms with Gasteiger partial charge in [0.15, 0.2) is 0 Å². The number of carbonyl (C=O) groups excluding carboxylic acids is 2. The number of nitrogens with one attached hydrogen (secondary N) is 1.